The maximum absolute atomic E-state index is 10.5. The maximum atomic E-state index is 10.5. The normalized spacial score (nSPS) is 49.9. The fraction of sp³-hybridized carbons (Fsp3) is 1.00. The molecule has 4 atom stereocenters. The van der Waals surface area contributed by atoms with Crippen LogP contribution in [0.3, 0.4) is 0 Å². The lowest BCUT2D eigenvalue weighted by Gasteiger charge is -2.65. The summed E-state index contributed by atoms with van der Waals surface area (Å²) in [5, 5.41) is 20.4. The van der Waals surface area contributed by atoms with Gasteiger partial charge in [0.15, 0.2) is 0 Å². The van der Waals surface area contributed by atoms with E-state index in [-0.39, 0.29) is 11.3 Å². The predicted octanol–water partition coefficient (Wildman–Crippen LogP) is 1.46. The molecule has 0 radical (unpaired) electrons. The van der Waals surface area contributed by atoms with E-state index in [1.54, 1.807) is 0 Å². The van der Waals surface area contributed by atoms with Crippen LogP contribution in [0.1, 0.15) is 33.1 Å². The van der Waals surface area contributed by atoms with Gasteiger partial charge >= 0.3 is 0 Å². The Labute approximate surface area is 91.1 Å². The van der Waals surface area contributed by atoms with Gasteiger partial charge in [-0.3, -0.25) is 0 Å². The number of aliphatic hydroxyl groups is 2. The monoisotopic (exact) mass is 216 g/mol. The molecule has 0 aliphatic heterocycles. The highest BCUT2D eigenvalue weighted by atomic mass is 32.1. The maximum Gasteiger partial charge on any atom is 0.0946 e. The molecule has 0 saturated heterocycles. The summed E-state index contributed by atoms with van der Waals surface area (Å²) in [7, 11) is 0. The highest BCUT2D eigenvalue weighted by Crippen LogP contribution is 2.63. The average molecular weight is 216 g/mol. The quantitative estimate of drug-likeness (QED) is 0.612. The summed E-state index contributed by atoms with van der Waals surface area (Å²) >= 11 is 4.17. The van der Waals surface area contributed by atoms with Crippen molar-refractivity contribution >= 4 is 12.6 Å². The summed E-state index contributed by atoms with van der Waals surface area (Å²) in [6, 6.07) is 0. The molecule has 0 aromatic heterocycles. The Morgan fingerprint density at radius 1 is 1.36 bits per heavy atom. The van der Waals surface area contributed by atoms with Gasteiger partial charge in [0, 0.05) is 0 Å². The van der Waals surface area contributed by atoms with Crippen LogP contribution in [0, 0.1) is 17.3 Å². The molecule has 2 N–H and O–H groups in total. The number of thiol groups is 1. The minimum atomic E-state index is -0.875. The fourth-order valence-electron chi connectivity index (χ4n) is 3.49. The van der Waals surface area contributed by atoms with Gasteiger partial charge < -0.3 is 10.2 Å². The fourth-order valence-corrected chi connectivity index (χ4v) is 3.85. The van der Waals surface area contributed by atoms with Crippen LogP contribution < -0.4 is 0 Å². The van der Waals surface area contributed by atoms with Gasteiger partial charge in [-0.15, -0.1) is 0 Å². The van der Waals surface area contributed by atoms with E-state index in [0.717, 1.165) is 12.8 Å². The van der Waals surface area contributed by atoms with Gasteiger partial charge in [-0.25, -0.2) is 0 Å². The third kappa shape index (κ3) is 1.18. The van der Waals surface area contributed by atoms with Crippen molar-refractivity contribution in [2.75, 3.05) is 5.75 Å². The van der Waals surface area contributed by atoms with E-state index in [9.17, 15) is 10.2 Å². The lowest BCUT2D eigenvalue weighted by atomic mass is 9.43. The van der Waals surface area contributed by atoms with E-state index in [2.05, 4.69) is 26.5 Å². The molecule has 14 heavy (non-hydrogen) atoms. The molecule has 3 heteroatoms. The van der Waals surface area contributed by atoms with Crippen LogP contribution >= 0.6 is 12.6 Å². The summed E-state index contributed by atoms with van der Waals surface area (Å²) in [4.78, 5) is 0. The van der Waals surface area contributed by atoms with E-state index in [1.165, 1.54) is 0 Å². The molecule has 3 saturated carbocycles. The first-order chi connectivity index (χ1) is 6.43. The zero-order valence-corrected chi connectivity index (χ0v) is 9.80. The lowest BCUT2D eigenvalue weighted by Crippen LogP contribution is -2.67. The highest BCUT2D eigenvalue weighted by molar-refractivity contribution is 7.80. The molecule has 2 bridgehead atoms. The lowest BCUT2D eigenvalue weighted by molar-refractivity contribution is -0.253. The highest BCUT2D eigenvalue weighted by Gasteiger charge is 2.63. The van der Waals surface area contributed by atoms with Crippen LogP contribution in [0.5, 0.6) is 0 Å². The van der Waals surface area contributed by atoms with E-state index in [1.807, 2.05) is 0 Å². The summed E-state index contributed by atoms with van der Waals surface area (Å²) < 4.78 is 0. The van der Waals surface area contributed by atoms with E-state index < -0.39 is 11.7 Å². The van der Waals surface area contributed by atoms with Gasteiger partial charge in [-0.05, 0) is 42.3 Å². The van der Waals surface area contributed by atoms with Crippen LogP contribution in [0.2, 0.25) is 0 Å². The van der Waals surface area contributed by atoms with E-state index >= 15 is 0 Å². The molecule has 3 fully saturated rings. The molecule has 2 nitrogen and oxygen atoms in total. The summed E-state index contributed by atoms with van der Waals surface area (Å²) in [6.45, 7) is 4.42. The molecule has 0 spiro atoms. The standard InChI is InChI=1S/C11H20O2S/c1-10(2)7-5-8(10)11(13,3-4-14)9(12)6-7/h7-9,12-14H,3-6H2,1-2H3/t7?,8?,9?,11-/m1/s1. The predicted molar refractivity (Wildman–Crippen MR) is 59.4 cm³/mol. The van der Waals surface area contributed by atoms with Crippen LogP contribution in [-0.2, 0) is 0 Å². The summed E-state index contributed by atoms with van der Waals surface area (Å²) in [6.07, 6.45) is 1.91. The molecular formula is C11H20O2S. The number of fused-ring (bicyclic) bond motifs is 2. The number of hydrogen-bond donors (Lipinski definition) is 3. The average Bonchev–Trinajstić information content (AvgIpc) is 2.09. The Kier molecular flexibility index (Phi) is 2.41. The van der Waals surface area contributed by atoms with E-state index in [4.69, 9.17) is 0 Å². The molecule has 3 rings (SSSR count). The third-order valence-corrected chi connectivity index (χ3v) is 4.89. The van der Waals surface area contributed by atoms with Gasteiger partial charge in [0.05, 0.1) is 11.7 Å². The Morgan fingerprint density at radius 3 is 2.50 bits per heavy atom. The SMILES string of the molecule is CC1(C)C2CC(O)[C@@](O)(CCS)C1C2. The second-order valence-corrected chi connectivity index (χ2v) is 5.97. The van der Waals surface area contributed by atoms with Gasteiger partial charge in [0.2, 0.25) is 0 Å². The topological polar surface area (TPSA) is 40.5 Å². The van der Waals surface area contributed by atoms with Crippen LogP contribution in [0.25, 0.3) is 0 Å². The molecule has 3 aliphatic rings. The second kappa shape index (κ2) is 3.13. The third-order valence-electron chi connectivity index (χ3n) is 4.67. The number of aliphatic hydroxyl groups excluding tert-OH is 1. The molecular weight excluding hydrogens is 196 g/mol. The first-order valence-corrected chi connectivity index (χ1v) is 6.07. The van der Waals surface area contributed by atoms with Crippen LogP contribution in [0.4, 0.5) is 0 Å². The van der Waals surface area contributed by atoms with Crippen molar-refractivity contribution in [2.24, 2.45) is 17.3 Å². The zero-order valence-electron chi connectivity index (χ0n) is 8.90. The Hall–Kier alpha value is 0.270. The largest absolute Gasteiger partial charge is 0.390 e. The van der Waals surface area contributed by atoms with Crippen molar-refractivity contribution in [3.05, 3.63) is 0 Å². The number of hydrogen-bond acceptors (Lipinski definition) is 3. The Balaban J connectivity index is 2.22. The summed E-state index contributed by atoms with van der Waals surface area (Å²) in [5.41, 5.74) is -0.670. The minimum absolute atomic E-state index is 0.205. The van der Waals surface area contributed by atoms with Crippen molar-refractivity contribution in [1.29, 1.82) is 0 Å². The zero-order chi connectivity index (χ0) is 10.6. The van der Waals surface area contributed by atoms with Crippen molar-refractivity contribution < 1.29 is 10.2 Å². The molecule has 0 amide bonds. The van der Waals surface area contributed by atoms with Crippen molar-refractivity contribution in [3.8, 4) is 0 Å². The smallest absolute Gasteiger partial charge is 0.0946 e. The molecule has 3 aliphatic carbocycles. The molecule has 0 aromatic carbocycles. The minimum Gasteiger partial charge on any atom is -0.390 e. The van der Waals surface area contributed by atoms with Gasteiger partial charge in [-0.1, -0.05) is 13.8 Å². The Bertz CT molecular complexity index is 241. The first kappa shape index (κ1) is 10.8. The summed E-state index contributed by atoms with van der Waals surface area (Å²) in [5.74, 6) is 1.50. The first-order valence-electron chi connectivity index (χ1n) is 5.44. The van der Waals surface area contributed by atoms with E-state index in [0.29, 0.717) is 18.1 Å². The van der Waals surface area contributed by atoms with Crippen molar-refractivity contribution in [1.82, 2.24) is 0 Å². The van der Waals surface area contributed by atoms with Crippen molar-refractivity contribution in [2.45, 2.75) is 44.8 Å². The molecule has 3 unspecified atom stereocenters. The molecule has 0 heterocycles. The van der Waals surface area contributed by atoms with Gasteiger partial charge in [-0.2, -0.15) is 12.6 Å². The second-order valence-electron chi connectivity index (χ2n) is 5.52. The molecule has 0 aromatic rings. The van der Waals surface area contributed by atoms with Crippen LogP contribution in [0.15, 0.2) is 0 Å². The van der Waals surface area contributed by atoms with Crippen LogP contribution in [-0.4, -0.2) is 27.7 Å². The van der Waals surface area contributed by atoms with Gasteiger partial charge in [0.1, 0.15) is 0 Å². The number of rotatable bonds is 2. The molecule has 82 valence electrons. The van der Waals surface area contributed by atoms with Gasteiger partial charge in [0.25, 0.3) is 0 Å². The Morgan fingerprint density at radius 2 is 2.00 bits per heavy atom. The van der Waals surface area contributed by atoms with Crippen molar-refractivity contribution in [3.63, 3.8) is 0 Å².